The minimum Gasteiger partial charge on any atom is -0.465 e. The normalized spacial score (nSPS) is 16.4. The highest BCUT2D eigenvalue weighted by Crippen LogP contribution is 2.10. The fourth-order valence-corrected chi connectivity index (χ4v) is 1.85. The molecule has 0 saturated carbocycles. The van der Waals surface area contributed by atoms with Crippen LogP contribution in [0.15, 0.2) is 4.99 Å². The van der Waals surface area contributed by atoms with E-state index in [1.165, 1.54) is 28.8 Å². The summed E-state index contributed by atoms with van der Waals surface area (Å²) in [5, 5.41) is 17.9. The van der Waals surface area contributed by atoms with Crippen LogP contribution in [0.25, 0.3) is 0 Å². The highest BCUT2D eigenvalue weighted by molar-refractivity contribution is 5.98. The maximum Gasteiger partial charge on any atom is 0.434 e. The Hall–Kier alpha value is -2.52. The highest BCUT2D eigenvalue weighted by atomic mass is 16.4. The van der Waals surface area contributed by atoms with E-state index in [2.05, 4.69) is 4.99 Å². The van der Waals surface area contributed by atoms with E-state index in [1.54, 1.807) is 6.92 Å². The minimum absolute atomic E-state index is 0.0410. The van der Waals surface area contributed by atoms with Gasteiger partial charge in [0, 0.05) is 20.6 Å². The van der Waals surface area contributed by atoms with Crippen LogP contribution in [0.1, 0.15) is 6.92 Å². The number of nitrogens with zero attached hydrogens (tertiary/aromatic N) is 5. The number of carbonyl (C=O) groups is 3. The van der Waals surface area contributed by atoms with Crippen molar-refractivity contribution in [3.63, 3.8) is 0 Å². The molecule has 0 bridgehead atoms. The van der Waals surface area contributed by atoms with Gasteiger partial charge in [-0.3, -0.25) is 0 Å². The van der Waals surface area contributed by atoms with Crippen molar-refractivity contribution in [2.75, 3.05) is 34.0 Å². The van der Waals surface area contributed by atoms with Crippen molar-refractivity contribution in [1.82, 2.24) is 19.6 Å². The van der Waals surface area contributed by atoms with E-state index in [1.807, 2.05) is 0 Å². The molecule has 10 heteroatoms. The molecule has 1 aliphatic heterocycles. The summed E-state index contributed by atoms with van der Waals surface area (Å²) in [7, 11) is 3.06. The van der Waals surface area contributed by atoms with Crippen molar-refractivity contribution in [3.8, 4) is 0 Å². The zero-order valence-electron chi connectivity index (χ0n) is 11.5. The Bertz CT molecular complexity index is 437. The Morgan fingerprint density at radius 1 is 1.25 bits per heavy atom. The minimum atomic E-state index is -1.50. The van der Waals surface area contributed by atoms with E-state index in [0.29, 0.717) is 0 Å². The van der Waals surface area contributed by atoms with Gasteiger partial charge >= 0.3 is 18.2 Å². The fourth-order valence-electron chi connectivity index (χ4n) is 1.85. The lowest BCUT2D eigenvalue weighted by atomic mass is 10.5. The van der Waals surface area contributed by atoms with Gasteiger partial charge in [-0.2, -0.15) is 0 Å². The summed E-state index contributed by atoms with van der Waals surface area (Å²) in [5.74, 6) is -0.223. The molecule has 10 nitrogen and oxygen atoms in total. The average Bonchev–Trinajstić information content (AvgIpc) is 2.34. The lowest BCUT2D eigenvalue weighted by Crippen LogP contribution is -2.60. The van der Waals surface area contributed by atoms with Crippen molar-refractivity contribution in [3.05, 3.63) is 0 Å². The second-order valence-electron chi connectivity index (χ2n) is 4.22. The summed E-state index contributed by atoms with van der Waals surface area (Å²) >= 11 is 0. The van der Waals surface area contributed by atoms with Gasteiger partial charge in [0.05, 0.1) is 13.3 Å². The predicted molar refractivity (Wildman–Crippen MR) is 68.4 cm³/mol. The standard InChI is InChI=1S/C10H17N5O5/c1-4-15(10(19)20)7(11-8(16)17)14-5-12(2)9(18)13(3)6-14/h4-6H2,1-3H3,(H,16,17)(H,19,20)/b11-7+. The molecule has 112 valence electrons. The molecule has 0 radical (unpaired) electrons. The maximum absolute atomic E-state index is 11.6. The van der Waals surface area contributed by atoms with E-state index in [4.69, 9.17) is 10.2 Å². The van der Waals surface area contributed by atoms with Gasteiger partial charge in [0.2, 0.25) is 5.96 Å². The number of urea groups is 1. The van der Waals surface area contributed by atoms with Crippen molar-refractivity contribution in [2.24, 2.45) is 4.99 Å². The third-order valence-corrected chi connectivity index (χ3v) is 2.69. The molecule has 20 heavy (non-hydrogen) atoms. The van der Waals surface area contributed by atoms with Gasteiger partial charge in [0.25, 0.3) is 0 Å². The van der Waals surface area contributed by atoms with Crippen molar-refractivity contribution >= 4 is 24.2 Å². The van der Waals surface area contributed by atoms with E-state index >= 15 is 0 Å². The van der Waals surface area contributed by atoms with Crippen molar-refractivity contribution in [2.45, 2.75) is 6.92 Å². The molecule has 0 atom stereocenters. The number of amides is 4. The Balaban J connectivity index is 3.09. The fraction of sp³-hybridized carbons (Fsp3) is 0.600. The summed E-state index contributed by atoms with van der Waals surface area (Å²) in [4.78, 5) is 41.8. The monoisotopic (exact) mass is 287 g/mol. The van der Waals surface area contributed by atoms with Crippen LogP contribution in [-0.2, 0) is 0 Å². The molecule has 1 heterocycles. The van der Waals surface area contributed by atoms with Crippen LogP contribution in [0.5, 0.6) is 0 Å². The zero-order valence-corrected chi connectivity index (χ0v) is 11.5. The molecule has 0 unspecified atom stereocenters. The quantitative estimate of drug-likeness (QED) is 0.527. The maximum atomic E-state index is 11.6. The molecule has 1 fully saturated rings. The van der Waals surface area contributed by atoms with Gasteiger partial charge in [0.1, 0.15) is 0 Å². The predicted octanol–water partition coefficient (Wildman–Crippen LogP) is 0.235. The number of hydrogen-bond acceptors (Lipinski definition) is 3. The first-order valence-electron chi connectivity index (χ1n) is 5.81. The largest absolute Gasteiger partial charge is 0.465 e. The van der Waals surface area contributed by atoms with Crippen LogP contribution in [0.3, 0.4) is 0 Å². The molecule has 1 aliphatic rings. The Morgan fingerprint density at radius 2 is 1.75 bits per heavy atom. The molecule has 1 rings (SSSR count). The highest BCUT2D eigenvalue weighted by Gasteiger charge is 2.31. The summed E-state index contributed by atoms with van der Waals surface area (Å²) in [5.41, 5.74) is 0. The number of carboxylic acid groups (broad SMARTS) is 2. The number of aliphatic imine (C=N–C) groups is 1. The summed E-state index contributed by atoms with van der Waals surface area (Å²) in [6, 6.07) is -0.241. The molecular weight excluding hydrogens is 270 g/mol. The van der Waals surface area contributed by atoms with Crippen LogP contribution in [0, 0.1) is 0 Å². The SMILES string of the molecule is CCN(C(=O)O)/C(=N/C(=O)O)N1CN(C)C(=O)N(C)C1. The van der Waals surface area contributed by atoms with E-state index in [9.17, 15) is 14.4 Å². The molecule has 0 aromatic carbocycles. The van der Waals surface area contributed by atoms with Crippen molar-refractivity contribution in [1.29, 1.82) is 0 Å². The Morgan fingerprint density at radius 3 is 2.10 bits per heavy atom. The van der Waals surface area contributed by atoms with Crippen LogP contribution in [0.2, 0.25) is 0 Å². The third kappa shape index (κ3) is 3.28. The van der Waals surface area contributed by atoms with E-state index in [0.717, 1.165) is 4.90 Å². The molecule has 0 aromatic heterocycles. The van der Waals surface area contributed by atoms with Gasteiger partial charge in [-0.25, -0.2) is 19.3 Å². The second-order valence-corrected chi connectivity index (χ2v) is 4.22. The second kappa shape index (κ2) is 6.08. The summed E-state index contributed by atoms with van der Waals surface area (Å²) < 4.78 is 0. The molecule has 0 aliphatic carbocycles. The number of carbonyl (C=O) groups excluding carboxylic acids is 1. The average molecular weight is 287 g/mol. The van der Waals surface area contributed by atoms with Crippen LogP contribution >= 0.6 is 0 Å². The van der Waals surface area contributed by atoms with E-state index < -0.39 is 12.2 Å². The molecule has 4 amide bonds. The molecule has 2 N–H and O–H groups in total. The molecule has 0 aromatic rings. The summed E-state index contributed by atoms with van der Waals surface area (Å²) in [6.07, 6.45) is -2.81. The van der Waals surface area contributed by atoms with Crippen molar-refractivity contribution < 1.29 is 24.6 Å². The third-order valence-electron chi connectivity index (χ3n) is 2.69. The van der Waals surface area contributed by atoms with E-state index in [-0.39, 0.29) is 31.9 Å². The lowest BCUT2D eigenvalue weighted by molar-refractivity contribution is 0.0859. The van der Waals surface area contributed by atoms with Gasteiger partial charge in [-0.1, -0.05) is 0 Å². The van der Waals surface area contributed by atoms with Gasteiger partial charge < -0.3 is 24.9 Å². The number of hydrogen-bond donors (Lipinski definition) is 2. The Kier molecular flexibility index (Phi) is 4.73. The van der Waals surface area contributed by atoms with Gasteiger partial charge in [0.15, 0.2) is 0 Å². The van der Waals surface area contributed by atoms with Crippen LogP contribution in [0.4, 0.5) is 14.4 Å². The van der Waals surface area contributed by atoms with Crippen LogP contribution < -0.4 is 0 Å². The van der Waals surface area contributed by atoms with Gasteiger partial charge in [-0.05, 0) is 6.92 Å². The summed E-state index contributed by atoms with van der Waals surface area (Å²) in [6.45, 7) is 1.71. The first kappa shape index (κ1) is 15.5. The van der Waals surface area contributed by atoms with Crippen LogP contribution in [-0.4, -0.2) is 88.0 Å². The first-order chi connectivity index (χ1) is 9.27. The lowest BCUT2D eigenvalue weighted by Gasteiger charge is -2.41. The molecular formula is C10H17N5O5. The zero-order chi connectivity index (χ0) is 15.4. The molecule has 0 spiro atoms. The number of guanidine groups is 1. The van der Waals surface area contributed by atoms with Gasteiger partial charge in [-0.15, -0.1) is 4.99 Å². The Labute approximate surface area is 115 Å². The number of rotatable bonds is 1. The smallest absolute Gasteiger partial charge is 0.434 e. The molecule has 1 saturated heterocycles. The topological polar surface area (TPSA) is 117 Å². The first-order valence-corrected chi connectivity index (χ1v) is 5.81.